The van der Waals surface area contributed by atoms with Gasteiger partial charge in [0.05, 0.1) is 13.2 Å². The molecule has 8 heteroatoms. The van der Waals surface area contributed by atoms with E-state index in [0.717, 1.165) is 38.4 Å². The van der Waals surface area contributed by atoms with E-state index in [-0.39, 0.29) is 29.9 Å². The van der Waals surface area contributed by atoms with Gasteiger partial charge in [0.25, 0.3) is 5.91 Å². The fourth-order valence-corrected chi connectivity index (χ4v) is 3.53. The number of guanidine groups is 1. The number of aliphatic imine (C=N–C) groups is 1. The average molecular weight is 551 g/mol. The maximum Gasteiger partial charge on any atom is 0.251 e. The Hall–Kier alpha value is -2.17. The number of aryl methyl sites for hydroxylation is 1. The number of hydrogen-bond donors (Lipinski definition) is 3. The van der Waals surface area contributed by atoms with Crippen LogP contribution in [0.3, 0.4) is 0 Å². The van der Waals surface area contributed by atoms with E-state index >= 15 is 0 Å². The lowest BCUT2D eigenvalue weighted by molar-refractivity contribution is 0.0341. The number of ether oxygens (including phenoxy) is 1. The highest BCUT2D eigenvalue weighted by molar-refractivity contribution is 14.0. The third-order valence-electron chi connectivity index (χ3n) is 5.27. The monoisotopic (exact) mass is 551 g/mol. The van der Waals surface area contributed by atoms with E-state index in [1.54, 1.807) is 7.05 Å². The van der Waals surface area contributed by atoms with E-state index in [4.69, 9.17) is 4.74 Å². The molecule has 3 N–H and O–H groups in total. The van der Waals surface area contributed by atoms with Gasteiger partial charge >= 0.3 is 0 Å². The maximum atomic E-state index is 12.2. The molecule has 0 unspecified atom stereocenters. The quantitative estimate of drug-likeness (QED) is 0.204. The third-order valence-corrected chi connectivity index (χ3v) is 5.27. The number of benzene rings is 2. The third kappa shape index (κ3) is 8.40. The number of carbonyl (C=O) groups is 1. The number of nitrogens with one attached hydrogen (secondary N) is 3. The number of amides is 1. The molecule has 0 aromatic heterocycles. The SMILES string of the molecule is CN=C(NCCNC(=O)c1cccc(C)c1)NCc1ccccc1CN1CCOCC1.I. The van der Waals surface area contributed by atoms with Crippen LogP contribution in [0.15, 0.2) is 53.5 Å². The highest BCUT2D eigenvalue weighted by Gasteiger charge is 2.13. The van der Waals surface area contributed by atoms with Crippen molar-refractivity contribution in [1.82, 2.24) is 20.9 Å². The smallest absolute Gasteiger partial charge is 0.251 e. The molecule has 1 fully saturated rings. The van der Waals surface area contributed by atoms with Crippen molar-refractivity contribution in [1.29, 1.82) is 0 Å². The minimum atomic E-state index is -0.0644. The molecule has 32 heavy (non-hydrogen) atoms. The molecule has 0 atom stereocenters. The van der Waals surface area contributed by atoms with Crippen LogP contribution >= 0.6 is 24.0 Å². The molecule has 0 spiro atoms. The maximum absolute atomic E-state index is 12.2. The van der Waals surface area contributed by atoms with Crippen LogP contribution in [0.5, 0.6) is 0 Å². The molecule has 1 heterocycles. The van der Waals surface area contributed by atoms with E-state index in [9.17, 15) is 4.79 Å². The molecule has 1 aliphatic rings. The predicted molar refractivity (Wildman–Crippen MR) is 140 cm³/mol. The van der Waals surface area contributed by atoms with Gasteiger partial charge in [-0.05, 0) is 30.2 Å². The predicted octanol–water partition coefficient (Wildman–Crippen LogP) is 2.54. The molecule has 0 saturated carbocycles. The molecule has 1 saturated heterocycles. The Bertz CT molecular complexity index is 884. The highest BCUT2D eigenvalue weighted by Crippen LogP contribution is 2.13. The molecule has 0 bridgehead atoms. The summed E-state index contributed by atoms with van der Waals surface area (Å²) in [5.74, 6) is 0.650. The number of hydrogen-bond acceptors (Lipinski definition) is 4. The number of nitrogens with zero attached hydrogens (tertiary/aromatic N) is 2. The zero-order chi connectivity index (χ0) is 21.9. The van der Waals surface area contributed by atoms with E-state index in [1.165, 1.54) is 11.1 Å². The fraction of sp³-hybridized carbons (Fsp3) is 0.417. The van der Waals surface area contributed by atoms with Crippen molar-refractivity contribution in [3.05, 3.63) is 70.8 Å². The standard InChI is InChI=1S/C24H33N5O2.HI/c1-19-6-5-9-20(16-19)23(30)26-10-11-27-24(25-2)28-17-21-7-3-4-8-22(21)18-29-12-14-31-15-13-29;/h3-9,16H,10-15,17-18H2,1-2H3,(H,26,30)(H2,25,27,28);1H. The lowest BCUT2D eigenvalue weighted by atomic mass is 10.1. The number of rotatable bonds is 8. The highest BCUT2D eigenvalue weighted by atomic mass is 127. The topological polar surface area (TPSA) is 78.0 Å². The molecule has 1 aliphatic heterocycles. The van der Waals surface area contributed by atoms with E-state index in [2.05, 4.69) is 50.1 Å². The normalized spacial score (nSPS) is 14.4. The lowest BCUT2D eigenvalue weighted by Crippen LogP contribution is -2.41. The number of carbonyl (C=O) groups excluding carboxylic acids is 1. The van der Waals surface area contributed by atoms with Gasteiger partial charge in [-0.1, -0.05) is 42.0 Å². The number of halogens is 1. The Kier molecular flexibility index (Phi) is 11.5. The van der Waals surface area contributed by atoms with Crippen LogP contribution in [0, 0.1) is 6.92 Å². The summed E-state index contributed by atoms with van der Waals surface area (Å²) in [6.07, 6.45) is 0. The molecule has 2 aromatic carbocycles. The van der Waals surface area contributed by atoms with E-state index < -0.39 is 0 Å². The Balaban J connectivity index is 0.00000363. The Morgan fingerprint density at radius 3 is 2.44 bits per heavy atom. The summed E-state index contributed by atoms with van der Waals surface area (Å²) >= 11 is 0. The summed E-state index contributed by atoms with van der Waals surface area (Å²) in [5, 5.41) is 9.56. The van der Waals surface area contributed by atoms with Gasteiger partial charge in [0.1, 0.15) is 0 Å². The van der Waals surface area contributed by atoms with E-state index in [0.29, 0.717) is 31.2 Å². The summed E-state index contributed by atoms with van der Waals surface area (Å²) in [7, 11) is 1.75. The van der Waals surface area contributed by atoms with Gasteiger partial charge < -0.3 is 20.7 Å². The summed E-state index contributed by atoms with van der Waals surface area (Å²) in [6, 6.07) is 16.1. The van der Waals surface area contributed by atoms with Crippen molar-refractivity contribution < 1.29 is 9.53 Å². The van der Waals surface area contributed by atoms with Crippen molar-refractivity contribution >= 4 is 35.8 Å². The zero-order valence-electron chi connectivity index (χ0n) is 18.9. The first-order valence-electron chi connectivity index (χ1n) is 10.8. The van der Waals surface area contributed by atoms with Crippen molar-refractivity contribution in [2.75, 3.05) is 46.4 Å². The summed E-state index contributed by atoms with van der Waals surface area (Å²) in [6.45, 7) is 8.25. The molecule has 1 amide bonds. The van der Waals surface area contributed by atoms with Crippen LogP contribution in [0.25, 0.3) is 0 Å². The van der Waals surface area contributed by atoms with Crippen LogP contribution in [0.1, 0.15) is 27.0 Å². The van der Waals surface area contributed by atoms with Crippen LogP contribution in [0.4, 0.5) is 0 Å². The summed E-state index contributed by atoms with van der Waals surface area (Å²) in [4.78, 5) is 18.9. The average Bonchev–Trinajstić information content (AvgIpc) is 2.80. The van der Waals surface area contributed by atoms with Gasteiger partial charge in [-0.15, -0.1) is 24.0 Å². The van der Waals surface area contributed by atoms with Crippen LogP contribution in [-0.4, -0.2) is 63.2 Å². The minimum absolute atomic E-state index is 0. The zero-order valence-corrected chi connectivity index (χ0v) is 21.2. The second kappa shape index (κ2) is 14.1. The van der Waals surface area contributed by atoms with Crippen LogP contribution < -0.4 is 16.0 Å². The Labute approximate surface area is 208 Å². The minimum Gasteiger partial charge on any atom is -0.379 e. The Morgan fingerprint density at radius 2 is 1.72 bits per heavy atom. The van der Waals surface area contributed by atoms with Gasteiger partial charge in [0.15, 0.2) is 5.96 Å². The molecular weight excluding hydrogens is 517 g/mol. The molecular formula is C24H34IN5O2. The largest absolute Gasteiger partial charge is 0.379 e. The van der Waals surface area contributed by atoms with Gasteiger partial charge in [-0.25, -0.2) is 0 Å². The van der Waals surface area contributed by atoms with Gasteiger partial charge in [-0.2, -0.15) is 0 Å². The van der Waals surface area contributed by atoms with Crippen LogP contribution in [0.2, 0.25) is 0 Å². The van der Waals surface area contributed by atoms with Gasteiger partial charge in [0.2, 0.25) is 0 Å². The second-order valence-electron chi connectivity index (χ2n) is 7.64. The van der Waals surface area contributed by atoms with Crippen molar-refractivity contribution in [2.45, 2.75) is 20.0 Å². The van der Waals surface area contributed by atoms with Crippen LogP contribution in [-0.2, 0) is 17.8 Å². The van der Waals surface area contributed by atoms with Crippen molar-refractivity contribution in [2.24, 2.45) is 4.99 Å². The van der Waals surface area contributed by atoms with E-state index in [1.807, 2.05) is 31.2 Å². The fourth-order valence-electron chi connectivity index (χ4n) is 3.53. The lowest BCUT2D eigenvalue weighted by Gasteiger charge is -2.27. The molecule has 0 aliphatic carbocycles. The first-order chi connectivity index (χ1) is 15.2. The second-order valence-corrected chi connectivity index (χ2v) is 7.64. The summed E-state index contributed by atoms with van der Waals surface area (Å²) < 4.78 is 5.45. The molecule has 2 aromatic rings. The molecule has 3 rings (SSSR count). The van der Waals surface area contributed by atoms with Gasteiger partial charge in [0, 0.05) is 51.9 Å². The van der Waals surface area contributed by atoms with Gasteiger partial charge in [-0.3, -0.25) is 14.7 Å². The Morgan fingerprint density at radius 1 is 1.00 bits per heavy atom. The van der Waals surface area contributed by atoms with Crippen molar-refractivity contribution in [3.8, 4) is 0 Å². The van der Waals surface area contributed by atoms with Crippen molar-refractivity contribution in [3.63, 3.8) is 0 Å². The first kappa shape index (κ1) is 26.1. The molecule has 174 valence electrons. The number of morpholine rings is 1. The summed E-state index contributed by atoms with van der Waals surface area (Å²) in [5.41, 5.74) is 4.33. The molecule has 0 radical (unpaired) electrons. The first-order valence-corrected chi connectivity index (χ1v) is 10.8. The molecule has 7 nitrogen and oxygen atoms in total.